The molecule has 0 unspecified atom stereocenters. The third-order valence-electron chi connectivity index (χ3n) is 14.4. The highest BCUT2D eigenvalue weighted by molar-refractivity contribution is 6.29. The molecule has 0 saturated heterocycles. The van der Waals surface area contributed by atoms with Gasteiger partial charge in [-0.2, -0.15) is 10.5 Å². The normalized spacial score (nSPS) is 12.4. The summed E-state index contributed by atoms with van der Waals surface area (Å²) in [5.41, 5.74) is 16.4. The van der Waals surface area contributed by atoms with Gasteiger partial charge in [-0.15, -0.1) is 0 Å². The van der Waals surface area contributed by atoms with Crippen LogP contribution in [0.3, 0.4) is 0 Å². The summed E-state index contributed by atoms with van der Waals surface area (Å²) in [6, 6.07) is 64.0. The molecule has 0 fully saturated rings. The van der Waals surface area contributed by atoms with Crippen molar-refractivity contribution in [2.24, 2.45) is 0 Å². The molecule has 0 saturated carbocycles. The summed E-state index contributed by atoms with van der Waals surface area (Å²) in [5.74, 6) is 0. The van der Waals surface area contributed by atoms with Crippen molar-refractivity contribution in [3.63, 3.8) is 0 Å². The third kappa shape index (κ3) is 5.84. The van der Waals surface area contributed by atoms with E-state index in [1.165, 1.54) is 0 Å². The van der Waals surface area contributed by atoms with Gasteiger partial charge in [0.05, 0.1) is 56.7 Å². The van der Waals surface area contributed by atoms with E-state index in [0.717, 1.165) is 132 Å². The molecule has 334 valence electrons. The molecule has 6 heteroatoms. The molecule has 0 radical (unpaired) electrons. The quantitative estimate of drug-likeness (QED) is 0.176. The Hall–Kier alpha value is -8.84. The molecule has 0 aliphatic carbocycles. The molecule has 13 rings (SSSR count). The summed E-state index contributed by atoms with van der Waals surface area (Å²) < 4.78 is 18.2. The van der Waals surface area contributed by atoms with Crippen LogP contribution in [-0.4, -0.2) is 9.13 Å². The SMILES string of the molecule is CC(C)(C)c1c(-c2ccc(C#N)cc2)c(-n2c3ccccc3c3c4c(ccc32)oc2ccccc24)c(-c2ccc(C#N)cc2)c(C(C)(C)C)c1-n1c2ccccc2c2c3c(ccc21)oc1ccccc13. The number of rotatable bonds is 4. The first-order chi connectivity index (χ1) is 33.9. The summed E-state index contributed by atoms with van der Waals surface area (Å²) in [5, 5.41) is 29.3. The van der Waals surface area contributed by atoms with E-state index in [9.17, 15) is 10.5 Å². The van der Waals surface area contributed by atoms with Crippen LogP contribution in [0.2, 0.25) is 0 Å². The van der Waals surface area contributed by atoms with Gasteiger partial charge in [-0.05, 0) is 106 Å². The highest BCUT2D eigenvalue weighted by Gasteiger charge is 2.39. The number of fused-ring (bicyclic) bond motifs is 14. The summed E-state index contributed by atoms with van der Waals surface area (Å²) in [7, 11) is 0. The van der Waals surface area contributed by atoms with Crippen LogP contribution >= 0.6 is 0 Å². The second-order valence-electron chi connectivity index (χ2n) is 20.6. The molecule has 70 heavy (non-hydrogen) atoms. The predicted octanol–water partition coefficient (Wildman–Crippen LogP) is 17.4. The average molecular weight is 903 g/mol. The van der Waals surface area contributed by atoms with E-state index in [-0.39, 0.29) is 0 Å². The smallest absolute Gasteiger partial charge is 0.136 e. The molecule has 4 heterocycles. The molecule has 0 spiro atoms. The second-order valence-corrected chi connectivity index (χ2v) is 20.6. The van der Waals surface area contributed by atoms with Crippen molar-refractivity contribution in [1.29, 1.82) is 10.5 Å². The van der Waals surface area contributed by atoms with Crippen molar-refractivity contribution in [2.45, 2.75) is 52.4 Å². The summed E-state index contributed by atoms with van der Waals surface area (Å²) in [6.45, 7) is 14.0. The van der Waals surface area contributed by atoms with Crippen LogP contribution in [0.1, 0.15) is 63.8 Å². The maximum absolute atomic E-state index is 10.2. The third-order valence-corrected chi connectivity index (χ3v) is 14.4. The zero-order valence-corrected chi connectivity index (χ0v) is 39.8. The van der Waals surface area contributed by atoms with Crippen LogP contribution in [0.25, 0.3) is 121 Å². The summed E-state index contributed by atoms with van der Waals surface area (Å²) in [4.78, 5) is 0. The molecular weight excluding hydrogens is 857 g/mol. The molecule has 0 atom stereocenters. The molecule has 9 aromatic carbocycles. The van der Waals surface area contributed by atoms with Crippen LogP contribution < -0.4 is 0 Å². The predicted molar refractivity (Wildman–Crippen MR) is 287 cm³/mol. The molecule has 0 N–H and O–H groups in total. The maximum atomic E-state index is 10.2. The summed E-state index contributed by atoms with van der Waals surface area (Å²) >= 11 is 0. The Kier molecular flexibility index (Phi) is 8.76. The van der Waals surface area contributed by atoms with Gasteiger partial charge in [-0.3, -0.25) is 0 Å². The molecule has 0 aliphatic rings. The highest BCUT2D eigenvalue weighted by atomic mass is 16.3. The van der Waals surface area contributed by atoms with Crippen LogP contribution in [-0.2, 0) is 10.8 Å². The van der Waals surface area contributed by atoms with Crippen LogP contribution in [0.15, 0.2) is 179 Å². The van der Waals surface area contributed by atoms with Crippen molar-refractivity contribution >= 4 is 87.5 Å². The molecule has 6 nitrogen and oxygen atoms in total. The minimum atomic E-state index is -0.479. The van der Waals surface area contributed by atoms with Crippen LogP contribution in [0.4, 0.5) is 0 Å². The van der Waals surface area contributed by atoms with E-state index in [1.54, 1.807) is 0 Å². The van der Waals surface area contributed by atoms with Crippen molar-refractivity contribution in [1.82, 2.24) is 9.13 Å². The largest absolute Gasteiger partial charge is 0.456 e. The number of hydrogen-bond donors (Lipinski definition) is 0. The van der Waals surface area contributed by atoms with Crippen LogP contribution in [0.5, 0.6) is 0 Å². The van der Waals surface area contributed by atoms with Gasteiger partial charge in [0, 0.05) is 54.2 Å². The van der Waals surface area contributed by atoms with Crippen molar-refractivity contribution in [2.75, 3.05) is 0 Å². The summed E-state index contributed by atoms with van der Waals surface area (Å²) in [6.07, 6.45) is 0. The van der Waals surface area contributed by atoms with Gasteiger partial charge in [0.15, 0.2) is 0 Å². The minimum Gasteiger partial charge on any atom is -0.456 e. The zero-order chi connectivity index (χ0) is 47.8. The highest BCUT2D eigenvalue weighted by Crippen LogP contribution is 2.55. The van der Waals surface area contributed by atoms with Crippen LogP contribution in [0, 0.1) is 22.7 Å². The first-order valence-electron chi connectivity index (χ1n) is 23.9. The Morgan fingerprint density at radius 1 is 0.357 bits per heavy atom. The van der Waals surface area contributed by atoms with Crippen molar-refractivity contribution < 1.29 is 8.83 Å². The van der Waals surface area contributed by atoms with E-state index < -0.39 is 10.8 Å². The van der Waals surface area contributed by atoms with Gasteiger partial charge in [-0.25, -0.2) is 0 Å². The Morgan fingerprint density at radius 3 is 1.13 bits per heavy atom. The number of aromatic nitrogens is 2. The Balaban J connectivity index is 1.34. The Labute approximate surface area is 404 Å². The topological polar surface area (TPSA) is 83.7 Å². The van der Waals surface area contributed by atoms with E-state index in [0.29, 0.717) is 11.1 Å². The van der Waals surface area contributed by atoms with E-state index >= 15 is 0 Å². The number of hydrogen-bond acceptors (Lipinski definition) is 4. The van der Waals surface area contributed by atoms with Gasteiger partial charge in [-0.1, -0.05) is 139 Å². The molecule has 0 aliphatic heterocycles. The Bertz CT molecular complexity index is 4330. The molecule has 0 amide bonds. The molecule has 4 aromatic heterocycles. The van der Waals surface area contributed by atoms with E-state index in [1.807, 2.05) is 42.5 Å². The number of furan rings is 2. The monoisotopic (exact) mass is 902 g/mol. The molecule has 13 aromatic rings. The fraction of sp³-hybridized carbons (Fsp3) is 0.125. The lowest BCUT2D eigenvalue weighted by atomic mass is 9.71. The lowest BCUT2D eigenvalue weighted by Gasteiger charge is -2.38. The fourth-order valence-electron chi connectivity index (χ4n) is 11.6. The molecule has 0 bridgehead atoms. The van der Waals surface area contributed by atoms with Gasteiger partial charge in [0.1, 0.15) is 22.3 Å². The number of para-hydroxylation sites is 4. The molecular formula is C64H46N4O2. The van der Waals surface area contributed by atoms with Gasteiger partial charge >= 0.3 is 0 Å². The number of nitriles is 2. The minimum absolute atomic E-state index is 0.479. The first kappa shape index (κ1) is 41.4. The number of nitrogens with zero attached hydrogens (tertiary/aromatic N) is 4. The van der Waals surface area contributed by atoms with Gasteiger partial charge < -0.3 is 18.0 Å². The first-order valence-corrected chi connectivity index (χ1v) is 23.9. The maximum Gasteiger partial charge on any atom is 0.136 e. The fourth-order valence-corrected chi connectivity index (χ4v) is 11.6. The lowest BCUT2D eigenvalue weighted by Crippen LogP contribution is -2.26. The zero-order valence-electron chi connectivity index (χ0n) is 39.8. The standard InChI is InChI=1S/C64H46N4O2/c1-63(2,3)59-53(39-27-23-37(35-65)24-28-39)61(67-45-19-11-7-15-41(45)55-47(67)31-33-51-57(55)43-17-9-13-21-49(43)69-51)54(40-29-25-38(36-66)26-30-40)60(64(4,5)6)62(59)68-46-20-12-8-16-42(46)56-48(68)32-34-52-58(56)44-18-10-14-22-50(44)70-52/h7-34H,1-6H3. The van der Waals surface area contributed by atoms with E-state index in [2.05, 4.69) is 190 Å². The average Bonchev–Trinajstić information content (AvgIpc) is 4.12. The number of benzene rings is 9. The van der Waals surface area contributed by atoms with Crippen molar-refractivity contribution in [3.8, 4) is 45.8 Å². The van der Waals surface area contributed by atoms with E-state index in [4.69, 9.17) is 8.83 Å². The lowest BCUT2D eigenvalue weighted by molar-refractivity contribution is 0.565. The second kappa shape index (κ2) is 14.8. The van der Waals surface area contributed by atoms with Gasteiger partial charge in [0.25, 0.3) is 0 Å². The Morgan fingerprint density at radius 2 is 0.729 bits per heavy atom. The van der Waals surface area contributed by atoms with Crippen molar-refractivity contribution in [3.05, 3.63) is 192 Å². The van der Waals surface area contributed by atoms with Gasteiger partial charge in [0.2, 0.25) is 0 Å².